The molecule has 0 aromatic carbocycles. The summed E-state index contributed by atoms with van der Waals surface area (Å²) in [7, 11) is 0. The van der Waals surface area contributed by atoms with Gasteiger partial charge in [0.05, 0.1) is 6.26 Å². The van der Waals surface area contributed by atoms with Crippen LogP contribution in [0.1, 0.15) is 6.92 Å². The van der Waals surface area contributed by atoms with Crippen molar-refractivity contribution < 1.29 is 40.2 Å². The van der Waals surface area contributed by atoms with E-state index < -0.39 is 30.2 Å². The minimum atomic E-state index is -5.79. The fourth-order valence-corrected chi connectivity index (χ4v) is 0.701. The van der Waals surface area contributed by atoms with E-state index in [0.29, 0.717) is 6.26 Å². The second kappa shape index (κ2) is 5.28. The predicted octanol–water partition coefficient (Wildman–Crippen LogP) is 3.81. The third kappa shape index (κ3) is 4.96. The standard InChI is InChI=1S/C8H7F7O2/c1-3-16-4(2)17-6(8(13,14)15)5(9)7(10,11)12/h3-4H,1H2,2H3/b6-5-. The van der Waals surface area contributed by atoms with Crippen molar-refractivity contribution in [3.8, 4) is 0 Å². The molecule has 0 fully saturated rings. The molecule has 0 amide bonds. The lowest BCUT2D eigenvalue weighted by Gasteiger charge is -2.19. The van der Waals surface area contributed by atoms with E-state index in [1.807, 2.05) is 0 Å². The molecule has 0 aromatic heterocycles. The zero-order valence-corrected chi connectivity index (χ0v) is 8.32. The molecule has 0 heterocycles. The molecule has 0 bridgehead atoms. The van der Waals surface area contributed by atoms with Gasteiger partial charge in [-0.15, -0.1) is 0 Å². The monoisotopic (exact) mass is 268 g/mol. The van der Waals surface area contributed by atoms with Gasteiger partial charge in [-0.1, -0.05) is 6.58 Å². The van der Waals surface area contributed by atoms with E-state index in [4.69, 9.17) is 0 Å². The second-order valence-corrected chi connectivity index (χ2v) is 2.63. The molecular formula is C8H7F7O2. The Hall–Kier alpha value is -1.41. The summed E-state index contributed by atoms with van der Waals surface area (Å²) in [4.78, 5) is 0. The van der Waals surface area contributed by atoms with Gasteiger partial charge in [0, 0.05) is 6.92 Å². The molecule has 100 valence electrons. The lowest BCUT2D eigenvalue weighted by Crippen LogP contribution is -2.25. The van der Waals surface area contributed by atoms with E-state index >= 15 is 0 Å². The summed E-state index contributed by atoms with van der Waals surface area (Å²) in [5.74, 6) is -6.16. The topological polar surface area (TPSA) is 18.5 Å². The molecule has 0 rings (SSSR count). The number of ether oxygens (including phenoxy) is 2. The molecule has 0 saturated heterocycles. The lowest BCUT2D eigenvalue weighted by atomic mass is 10.4. The van der Waals surface area contributed by atoms with Gasteiger partial charge in [-0.3, -0.25) is 0 Å². The average Bonchev–Trinajstić information content (AvgIpc) is 2.10. The molecule has 0 aliphatic rings. The van der Waals surface area contributed by atoms with Crippen molar-refractivity contribution in [1.82, 2.24) is 0 Å². The van der Waals surface area contributed by atoms with Gasteiger partial charge in [-0.25, -0.2) is 0 Å². The maximum atomic E-state index is 12.5. The summed E-state index contributed by atoms with van der Waals surface area (Å²) in [6.07, 6.45) is -12.5. The first-order chi connectivity index (χ1) is 7.50. The Bertz CT molecular complexity index is 302. The van der Waals surface area contributed by atoms with Gasteiger partial charge in [0.2, 0.25) is 12.0 Å². The van der Waals surface area contributed by atoms with Gasteiger partial charge < -0.3 is 9.47 Å². The summed E-state index contributed by atoms with van der Waals surface area (Å²) in [5.41, 5.74) is 0. The van der Waals surface area contributed by atoms with Crippen molar-refractivity contribution in [3.63, 3.8) is 0 Å². The Kier molecular flexibility index (Phi) is 4.84. The highest BCUT2D eigenvalue weighted by Gasteiger charge is 2.49. The minimum absolute atomic E-state index is 0.643. The lowest BCUT2D eigenvalue weighted by molar-refractivity contribution is -0.184. The van der Waals surface area contributed by atoms with Crippen molar-refractivity contribution in [1.29, 1.82) is 0 Å². The molecule has 0 aliphatic carbocycles. The van der Waals surface area contributed by atoms with Crippen molar-refractivity contribution in [2.24, 2.45) is 0 Å². The number of rotatable bonds is 4. The molecule has 0 aliphatic heterocycles. The molecule has 2 nitrogen and oxygen atoms in total. The van der Waals surface area contributed by atoms with Crippen LogP contribution in [0.5, 0.6) is 0 Å². The Morgan fingerprint density at radius 3 is 1.88 bits per heavy atom. The van der Waals surface area contributed by atoms with Crippen LogP contribution >= 0.6 is 0 Å². The molecule has 0 saturated carbocycles. The van der Waals surface area contributed by atoms with E-state index in [-0.39, 0.29) is 0 Å². The summed E-state index contributed by atoms with van der Waals surface area (Å²) in [6.45, 7) is 3.79. The van der Waals surface area contributed by atoms with Crippen LogP contribution in [0.4, 0.5) is 30.7 Å². The maximum Gasteiger partial charge on any atom is 0.452 e. The zero-order chi connectivity index (χ0) is 13.9. The number of allylic oxidation sites excluding steroid dienone is 2. The van der Waals surface area contributed by atoms with Crippen LogP contribution in [0.25, 0.3) is 0 Å². The molecule has 0 spiro atoms. The normalized spacial score (nSPS) is 16.0. The quantitative estimate of drug-likeness (QED) is 0.438. The summed E-state index contributed by atoms with van der Waals surface area (Å²) in [5, 5.41) is 0. The minimum Gasteiger partial charge on any atom is -0.463 e. The molecular weight excluding hydrogens is 261 g/mol. The highest BCUT2D eigenvalue weighted by atomic mass is 19.4. The molecule has 0 radical (unpaired) electrons. The first-order valence-corrected chi connectivity index (χ1v) is 3.97. The van der Waals surface area contributed by atoms with Gasteiger partial charge >= 0.3 is 12.4 Å². The fourth-order valence-electron chi connectivity index (χ4n) is 0.701. The van der Waals surface area contributed by atoms with Gasteiger partial charge in [0.15, 0.2) is 0 Å². The van der Waals surface area contributed by atoms with E-state index in [1.54, 1.807) is 0 Å². The van der Waals surface area contributed by atoms with Crippen molar-refractivity contribution in [2.45, 2.75) is 25.6 Å². The van der Waals surface area contributed by atoms with Crippen LogP contribution in [0.15, 0.2) is 24.4 Å². The smallest absolute Gasteiger partial charge is 0.452 e. The number of alkyl halides is 6. The van der Waals surface area contributed by atoms with Gasteiger partial charge in [0.25, 0.3) is 5.83 Å². The van der Waals surface area contributed by atoms with Crippen LogP contribution in [-0.2, 0) is 9.47 Å². The number of halogens is 7. The Morgan fingerprint density at radius 1 is 1.12 bits per heavy atom. The van der Waals surface area contributed by atoms with Crippen LogP contribution in [0, 0.1) is 0 Å². The Balaban J connectivity index is 5.24. The average molecular weight is 268 g/mol. The number of hydrogen-bond donors (Lipinski definition) is 0. The van der Waals surface area contributed by atoms with Gasteiger partial charge in [-0.05, 0) is 0 Å². The van der Waals surface area contributed by atoms with Crippen LogP contribution in [-0.4, -0.2) is 18.6 Å². The van der Waals surface area contributed by atoms with Crippen LogP contribution in [0.2, 0.25) is 0 Å². The summed E-state index contributed by atoms with van der Waals surface area (Å²) < 4.78 is 92.1. The Morgan fingerprint density at radius 2 is 1.59 bits per heavy atom. The largest absolute Gasteiger partial charge is 0.463 e. The highest BCUT2D eigenvalue weighted by molar-refractivity contribution is 5.11. The zero-order valence-electron chi connectivity index (χ0n) is 8.32. The van der Waals surface area contributed by atoms with E-state index in [0.717, 1.165) is 6.92 Å². The van der Waals surface area contributed by atoms with Crippen LogP contribution < -0.4 is 0 Å². The van der Waals surface area contributed by atoms with Crippen LogP contribution in [0.3, 0.4) is 0 Å². The maximum absolute atomic E-state index is 12.5. The highest BCUT2D eigenvalue weighted by Crippen LogP contribution is 2.38. The molecule has 1 unspecified atom stereocenters. The Labute approximate surface area is 91.3 Å². The first-order valence-electron chi connectivity index (χ1n) is 3.97. The molecule has 17 heavy (non-hydrogen) atoms. The van der Waals surface area contributed by atoms with Crippen molar-refractivity contribution in [2.75, 3.05) is 0 Å². The van der Waals surface area contributed by atoms with Crippen molar-refractivity contribution in [3.05, 3.63) is 24.4 Å². The first kappa shape index (κ1) is 15.6. The van der Waals surface area contributed by atoms with Crippen molar-refractivity contribution >= 4 is 0 Å². The second-order valence-electron chi connectivity index (χ2n) is 2.63. The molecule has 0 aromatic rings. The van der Waals surface area contributed by atoms with Gasteiger partial charge in [-0.2, -0.15) is 30.7 Å². The molecule has 0 N–H and O–H groups in total. The predicted molar refractivity (Wildman–Crippen MR) is 42.1 cm³/mol. The summed E-state index contributed by atoms with van der Waals surface area (Å²) >= 11 is 0. The SMILES string of the molecule is C=COC(C)O/C(=C(\F)C(F)(F)F)C(F)(F)F. The van der Waals surface area contributed by atoms with E-state index in [2.05, 4.69) is 16.1 Å². The molecule has 1 atom stereocenters. The fraction of sp³-hybridized carbons (Fsp3) is 0.500. The summed E-state index contributed by atoms with van der Waals surface area (Å²) in [6, 6.07) is 0. The van der Waals surface area contributed by atoms with Gasteiger partial charge in [0.1, 0.15) is 0 Å². The number of hydrogen-bond acceptors (Lipinski definition) is 2. The third-order valence-electron chi connectivity index (χ3n) is 1.28. The van der Waals surface area contributed by atoms with E-state index in [9.17, 15) is 30.7 Å². The molecule has 9 heteroatoms. The third-order valence-corrected chi connectivity index (χ3v) is 1.28. The van der Waals surface area contributed by atoms with E-state index in [1.165, 1.54) is 0 Å².